The van der Waals surface area contributed by atoms with Gasteiger partial charge in [0.15, 0.2) is 0 Å². The van der Waals surface area contributed by atoms with Crippen molar-refractivity contribution in [2.45, 2.75) is 32.4 Å². The van der Waals surface area contributed by atoms with E-state index >= 15 is 0 Å². The molecule has 0 aliphatic carbocycles. The van der Waals surface area contributed by atoms with Crippen molar-refractivity contribution in [1.29, 1.82) is 0 Å². The highest BCUT2D eigenvalue weighted by atomic mass is 32.1. The first-order valence-corrected chi connectivity index (χ1v) is 7.70. The standard InChI is InChI=1S/C14H20N2O3S/c1-10-4-5-16(12(7-10)14(18)19)9-13(17)15-8-11-3-2-6-20-11/h2-3,6,10,12H,4-5,7-9H2,1H3,(H,15,17)(H,18,19). The van der Waals surface area contributed by atoms with E-state index in [4.69, 9.17) is 0 Å². The van der Waals surface area contributed by atoms with Gasteiger partial charge in [-0.2, -0.15) is 0 Å². The van der Waals surface area contributed by atoms with Crippen molar-refractivity contribution in [2.75, 3.05) is 13.1 Å². The molecule has 2 atom stereocenters. The molecule has 1 saturated heterocycles. The van der Waals surface area contributed by atoms with E-state index in [-0.39, 0.29) is 12.5 Å². The molecule has 1 amide bonds. The average molecular weight is 296 g/mol. The first kappa shape index (κ1) is 15.0. The molecule has 0 aromatic carbocycles. The number of carbonyl (C=O) groups excluding carboxylic acids is 1. The Morgan fingerprint density at radius 2 is 2.35 bits per heavy atom. The lowest BCUT2D eigenvalue weighted by Crippen LogP contribution is -2.50. The second-order valence-electron chi connectivity index (χ2n) is 5.31. The lowest BCUT2D eigenvalue weighted by atomic mass is 9.92. The monoisotopic (exact) mass is 296 g/mol. The molecule has 2 heterocycles. The normalized spacial score (nSPS) is 23.4. The number of piperidine rings is 1. The average Bonchev–Trinajstić information content (AvgIpc) is 2.91. The maximum absolute atomic E-state index is 11.9. The summed E-state index contributed by atoms with van der Waals surface area (Å²) in [5.41, 5.74) is 0. The predicted molar refractivity (Wildman–Crippen MR) is 77.6 cm³/mol. The number of aliphatic carboxylic acids is 1. The molecule has 1 aromatic rings. The lowest BCUT2D eigenvalue weighted by molar-refractivity contribution is -0.146. The highest BCUT2D eigenvalue weighted by Crippen LogP contribution is 2.22. The Kier molecular flexibility index (Phi) is 5.14. The minimum atomic E-state index is -0.831. The largest absolute Gasteiger partial charge is 0.480 e. The zero-order valence-corrected chi connectivity index (χ0v) is 12.4. The summed E-state index contributed by atoms with van der Waals surface area (Å²) in [4.78, 5) is 26.0. The van der Waals surface area contributed by atoms with Gasteiger partial charge in [-0.25, -0.2) is 0 Å². The van der Waals surface area contributed by atoms with E-state index < -0.39 is 12.0 Å². The van der Waals surface area contributed by atoms with Gasteiger partial charge in [0.25, 0.3) is 0 Å². The number of carbonyl (C=O) groups is 2. The van der Waals surface area contributed by atoms with Gasteiger partial charge in [-0.15, -0.1) is 11.3 Å². The molecule has 6 heteroatoms. The molecular formula is C14H20N2O3S. The van der Waals surface area contributed by atoms with Gasteiger partial charge in [0.1, 0.15) is 6.04 Å². The maximum Gasteiger partial charge on any atom is 0.320 e. The van der Waals surface area contributed by atoms with Crippen LogP contribution < -0.4 is 5.32 Å². The van der Waals surface area contributed by atoms with Gasteiger partial charge < -0.3 is 10.4 Å². The smallest absolute Gasteiger partial charge is 0.320 e. The van der Waals surface area contributed by atoms with Crippen LogP contribution in [-0.4, -0.2) is 41.0 Å². The molecular weight excluding hydrogens is 276 g/mol. The number of likely N-dealkylation sites (tertiary alicyclic amines) is 1. The topological polar surface area (TPSA) is 69.6 Å². The molecule has 2 unspecified atom stereocenters. The number of rotatable bonds is 5. The van der Waals surface area contributed by atoms with Gasteiger partial charge in [0, 0.05) is 4.88 Å². The Balaban J connectivity index is 1.84. The third-order valence-electron chi connectivity index (χ3n) is 3.65. The van der Waals surface area contributed by atoms with E-state index in [0.29, 0.717) is 25.4 Å². The fourth-order valence-electron chi connectivity index (χ4n) is 2.48. The summed E-state index contributed by atoms with van der Waals surface area (Å²) in [6.07, 6.45) is 1.57. The molecule has 5 nitrogen and oxygen atoms in total. The number of carboxylic acids is 1. The van der Waals surface area contributed by atoms with Crippen LogP contribution in [0.3, 0.4) is 0 Å². The molecule has 0 bridgehead atoms. The molecule has 110 valence electrons. The molecule has 0 radical (unpaired) electrons. The molecule has 20 heavy (non-hydrogen) atoms. The van der Waals surface area contributed by atoms with Crippen LogP contribution in [0.25, 0.3) is 0 Å². The third-order valence-corrected chi connectivity index (χ3v) is 4.52. The van der Waals surface area contributed by atoms with Crippen LogP contribution >= 0.6 is 11.3 Å². The van der Waals surface area contributed by atoms with Crippen LogP contribution in [0.4, 0.5) is 0 Å². The summed E-state index contributed by atoms with van der Waals surface area (Å²) >= 11 is 1.59. The number of hydrogen-bond acceptors (Lipinski definition) is 4. The molecule has 2 rings (SSSR count). The van der Waals surface area contributed by atoms with Gasteiger partial charge >= 0.3 is 5.97 Å². The number of hydrogen-bond donors (Lipinski definition) is 2. The summed E-state index contributed by atoms with van der Waals surface area (Å²) in [5, 5.41) is 14.1. The Morgan fingerprint density at radius 1 is 1.55 bits per heavy atom. The van der Waals surface area contributed by atoms with Crippen molar-refractivity contribution in [2.24, 2.45) is 5.92 Å². The SMILES string of the molecule is CC1CCN(CC(=O)NCc2cccs2)C(C(=O)O)C1. The summed E-state index contributed by atoms with van der Waals surface area (Å²) in [5.74, 6) is -0.539. The molecule has 1 aliphatic rings. The van der Waals surface area contributed by atoms with Crippen LogP contribution in [0.2, 0.25) is 0 Å². The Hall–Kier alpha value is -1.40. The molecule has 0 saturated carbocycles. The number of carboxylic acid groups (broad SMARTS) is 1. The van der Waals surface area contributed by atoms with Crippen molar-refractivity contribution >= 4 is 23.2 Å². The molecule has 1 aliphatic heterocycles. The highest BCUT2D eigenvalue weighted by Gasteiger charge is 2.32. The quantitative estimate of drug-likeness (QED) is 0.865. The first-order chi connectivity index (χ1) is 9.56. The number of nitrogens with one attached hydrogen (secondary N) is 1. The summed E-state index contributed by atoms with van der Waals surface area (Å²) in [7, 11) is 0. The molecule has 2 N–H and O–H groups in total. The lowest BCUT2D eigenvalue weighted by Gasteiger charge is -2.35. The van der Waals surface area contributed by atoms with Crippen molar-refractivity contribution in [1.82, 2.24) is 10.2 Å². The Labute approximate surface area is 122 Å². The summed E-state index contributed by atoms with van der Waals surface area (Å²) in [6.45, 7) is 3.41. The minimum Gasteiger partial charge on any atom is -0.480 e. The highest BCUT2D eigenvalue weighted by molar-refractivity contribution is 7.09. The molecule has 1 fully saturated rings. The van der Waals surface area contributed by atoms with Crippen molar-refractivity contribution in [3.8, 4) is 0 Å². The predicted octanol–water partition coefficient (Wildman–Crippen LogP) is 1.55. The summed E-state index contributed by atoms with van der Waals surface area (Å²) in [6, 6.07) is 3.37. The third kappa shape index (κ3) is 4.05. The van der Waals surface area contributed by atoms with E-state index in [1.165, 1.54) is 0 Å². The van der Waals surface area contributed by atoms with Crippen molar-refractivity contribution in [3.05, 3.63) is 22.4 Å². The Bertz CT molecular complexity index is 461. The van der Waals surface area contributed by atoms with Gasteiger partial charge in [0.05, 0.1) is 13.1 Å². The van der Waals surface area contributed by atoms with Gasteiger partial charge in [-0.05, 0) is 36.8 Å². The van der Waals surface area contributed by atoms with Gasteiger partial charge in [0.2, 0.25) is 5.91 Å². The molecule has 0 spiro atoms. The number of amides is 1. The van der Waals surface area contributed by atoms with E-state index in [1.54, 1.807) is 16.2 Å². The number of nitrogens with zero attached hydrogens (tertiary/aromatic N) is 1. The second-order valence-corrected chi connectivity index (χ2v) is 6.34. The van der Waals surface area contributed by atoms with Crippen LogP contribution in [-0.2, 0) is 16.1 Å². The fourth-order valence-corrected chi connectivity index (χ4v) is 3.12. The Morgan fingerprint density at radius 3 is 3.00 bits per heavy atom. The van der Waals surface area contributed by atoms with Gasteiger partial charge in [-0.1, -0.05) is 13.0 Å². The van der Waals surface area contributed by atoms with Crippen molar-refractivity contribution in [3.63, 3.8) is 0 Å². The van der Waals surface area contributed by atoms with Crippen molar-refractivity contribution < 1.29 is 14.7 Å². The first-order valence-electron chi connectivity index (χ1n) is 6.82. The maximum atomic E-state index is 11.9. The second kappa shape index (κ2) is 6.85. The summed E-state index contributed by atoms with van der Waals surface area (Å²) < 4.78 is 0. The van der Waals surface area contributed by atoms with Crippen LogP contribution in [0, 0.1) is 5.92 Å². The van der Waals surface area contributed by atoms with Gasteiger partial charge in [-0.3, -0.25) is 14.5 Å². The van der Waals surface area contributed by atoms with E-state index in [2.05, 4.69) is 12.2 Å². The van der Waals surface area contributed by atoms with E-state index in [9.17, 15) is 14.7 Å². The zero-order chi connectivity index (χ0) is 14.5. The van der Waals surface area contributed by atoms with Crippen LogP contribution in [0.1, 0.15) is 24.6 Å². The van der Waals surface area contributed by atoms with E-state index in [1.807, 2.05) is 17.5 Å². The zero-order valence-electron chi connectivity index (χ0n) is 11.5. The minimum absolute atomic E-state index is 0.112. The van der Waals surface area contributed by atoms with Crippen LogP contribution in [0.5, 0.6) is 0 Å². The fraction of sp³-hybridized carbons (Fsp3) is 0.571. The molecule has 1 aromatic heterocycles. The number of thiophene rings is 1. The van der Waals surface area contributed by atoms with Crippen LogP contribution in [0.15, 0.2) is 17.5 Å². The van der Waals surface area contributed by atoms with E-state index in [0.717, 1.165) is 11.3 Å².